The highest BCUT2D eigenvalue weighted by Gasteiger charge is 2.32. The van der Waals surface area contributed by atoms with Gasteiger partial charge in [0.25, 0.3) is 0 Å². The minimum Gasteiger partial charge on any atom is -0.367 e. The van der Waals surface area contributed by atoms with Crippen molar-refractivity contribution in [2.45, 2.75) is 25.2 Å². The van der Waals surface area contributed by atoms with E-state index in [0.717, 1.165) is 11.1 Å². The maximum absolute atomic E-state index is 12.8. The molecule has 0 radical (unpaired) electrons. The highest BCUT2D eigenvalue weighted by atomic mass is 35.5. The van der Waals surface area contributed by atoms with Gasteiger partial charge in [0.2, 0.25) is 5.91 Å². The van der Waals surface area contributed by atoms with Gasteiger partial charge in [0, 0.05) is 6.54 Å². The first kappa shape index (κ1) is 18.5. The van der Waals surface area contributed by atoms with Crippen molar-refractivity contribution in [3.8, 4) is 0 Å². The van der Waals surface area contributed by atoms with E-state index in [1.807, 2.05) is 72.5 Å². The number of benzene rings is 2. The van der Waals surface area contributed by atoms with Gasteiger partial charge in [-0.05, 0) is 18.1 Å². The van der Waals surface area contributed by atoms with Gasteiger partial charge < -0.3 is 15.4 Å². The predicted molar refractivity (Wildman–Crippen MR) is 96.9 cm³/mol. The van der Waals surface area contributed by atoms with Gasteiger partial charge in [-0.3, -0.25) is 4.79 Å². The van der Waals surface area contributed by atoms with Gasteiger partial charge in [0.1, 0.15) is 12.1 Å². The molecule has 1 aliphatic heterocycles. The summed E-state index contributed by atoms with van der Waals surface area (Å²) in [5.74, 6) is -0.0488. The fourth-order valence-electron chi connectivity index (χ4n) is 2.98. The zero-order valence-electron chi connectivity index (χ0n) is 13.7. The smallest absolute Gasteiger partial charge is 0.244 e. The lowest BCUT2D eigenvalue weighted by molar-refractivity contribution is -0.146. The molecule has 4 nitrogen and oxygen atoms in total. The van der Waals surface area contributed by atoms with E-state index < -0.39 is 6.04 Å². The van der Waals surface area contributed by atoms with Crippen LogP contribution in [-0.2, 0) is 9.53 Å². The van der Waals surface area contributed by atoms with Crippen molar-refractivity contribution in [2.24, 2.45) is 5.73 Å². The Hall–Kier alpha value is -1.88. The van der Waals surface area contributed by atoms with Gasteiger partial charge in [0.15, 0.2) is 0 Å². The topological polar surface area (TPSA) is 55.6 Å². The lowest BCUT2D eigenvalue weighted by atomic mass is 10.0. The van der Waals surface area contributed by atoms with Crippen LogP contribution in [0.25, 0.3) is 0 Å². The van der Waals surface area contributed by atoms with E-state index in [9.17, 15) is 4.79 Å². The Bertz CT molecular complexity index is 651. The molecule has 0 aliphatic carbocycles. The molecule has 1 saturated heterocycles. The molecule has 1 heterocycles. The molecule has 1 fully saturated rings. The van der Waals surface area contributed by atoms with Gasteiger partial charge in [-0.1, -0.05) is 60.7 Å². The van der Waals surface area contributed by atoms with Crippen LogP contribution in [0.5, 0.6) is 0 Å². The molecule has 2 aromatic carbocycles. The van der Waals surface area contributed by atoms with Crippen molar-refractivity contribution in [1.29, 1.82) is 0 Å². The van der Waals surface area contributed by atoms with Crippen molar-refractivity contribution in [3.05, 3.63) is 71.8 Å². The second-order valence-corrected chi connectivity index (χ2v) is 5.98. The molecule has 24 heavy (non-hydrogen) atoms. The molecule has 128 valence electrons. The summed E-state index contributed by atoms with van der Waals surface area (Å²) in [6.45, 7) is 3.10. The number of ether oxygens (including phenoxy) is 1. The Kier molecular flexibility index (Phi) is 6.37. The van der Waals surface area contributed by atoms with E-state index in [1.54, 1.807) is 0 Å². The zero-order valence-corrected chi connectivity index (χ0v) is 14.5. The number of rotatable bonds is 3. The van der Waals surface area contributed by atoms with E-state index >= 15 is 0 Å². The van der Waals surface area contributed by atoms with E-state index in [1.165, 1.54) is 0 Å². The van der Waals surface area contributed by atoms with Crippen LogP contribution in [-0.4, -0.2) is 30.0 Å². The van der Waals surface area contributed by atoms with Gasteiger partial charge in [-0.25, -0.2) is 0 Å². The summed E-state index contributed by atoms with van der Waals surface area (Å²) in [5.41, 5.74) is 8.10. The van der Waals surface area contributed by atoms with Crippen molar-refractivity contribution < 1.29 is 9.53 Å². The molecule has 5 heteroatoms. The molecule has 1 amide bonds. The molecule has 3 rings (SSSR count). The lowest BCUT2D eigenvalue weighted by Gasteiger charge is -2.38. The second kappa shape index (κ2) is 8.29. The number of halogens is 1. The summed E-state index contributed by atoms with van der Waals surface area (Å²) in [6, 6.07) is 18.9. The van der Waals surface area contributed by atoms with Crippen LogP contribution in [0.4, 0.5) is 0 Å². The summed E-state index contributed by atoms with van der Waals surface area (Å²) >= 11 is 0. The summed E-state index contributed by atoms with van der Waals surface area (Å²) < 4.78 is 6.00. The molecule has 3 unspecified atom stereocenters. The van der Waals surface area contributed by atoms with Crippen molar-refractivity contribution in [1.82, 2.24) is 4.90 Å². The van der Waals surface area contributed by atoms with Crippen LogP contribution in [0.15, 0.2) is 60.7 Å². The van der Waals surface area contributed by atoms with Crippen LogP contribution in [0.3, 0.4) is 0 Å². The summed E-state index contributed by atoms with van der Waals surface area (Å²) in [7, 11) is 0. The lowest BCUT2D eigenvalue weighted by Crippen LogP contribution is -2.48. The fourth-order valence-corrected chi connectivity index (χ4v) is 2.98. The summed E-state index contributed by atoms with van der Waals surface area (Å²) in [4.78, 5) is 14.6. The fraction of sp³-hybridized carbons (Fsp3) is 0.316. The van der Waals surface area contributed by atoms with Gasteiger partial charge in [0.05, 0.1) is 12.6 Å². The van der Waals surface area contributed by atoms with Crippen LogP contribution in [0, 0.1) is 0 Å². The van der Waals surface area contributed by atoms with Crippen LogP contribution < -0.4 is 5.73 Å². The zero-order chi connectivity index (χ0) is 16.2. The number of morpholine rings is 1. The molecule has 0 aromatic heterocycles. The van der Waals surface area contributed by atoms with Crippen molar-refractivity contribution in [3.63, 3.8) is 0 Å². The Morgan fingerprint density at radius 2 is 1.67 bits per heavy atom. The van der Waals surface area contributed by atoms with Crippen molar-refractivity contribution >= 4 is 18.3 Å². The molecule has 3 atom stereocenters. The maximum atomic E-state index is 12.8. The monoisotopic (exact) mass is 346 g/mol. The van der Waals surface area contributed by atoms with Gasteiger partial charge in [-0.2, -0.15) is 0 Å². The Labute approximate surface area is 149 Å². The molecule has 2 N–H and O–H groups in total. The minimum atomic E-state index is -0.627. The third-order valence-corrected chi connectivity index (χ3v) is 4.17. The Morgan fingerprint density at radius 1 is 1.08 bits per heavy atom. The van der Waals surface area contributed by atoms with Crippen molar-refractivity contribution in [2.75, 3.05) is 13.1 Å². The standard InChI is InChI=1S/C19H22N2O2.ClH/c1-14-12-21(13-17(23-14)15-8-4-2-5-9-15)19(22)18(20)16-10-6-3-7-11-16;/h2-11,14,17-18H,12-13,20H2,1H3;1H. The molecule has 0 spiro atoms. The quantitative estimate of drug-likeness (QED) is 0.929. The molecular formula is C19H23ClN2O2. The molecule has 1 aliphatic rings. The third-order valence-electron chi connectivity index (χ3n) is 4.17. The molecule has 0 saturated carbocycles. The first-order chi connectivity index (χ1) is 11.1. The first-order valence-electron chi connectivity index (χ1n) is 7.95. The van der Waals surface area contributed by atoms with Crippen LogP contribution in [0.2, 0.25) is 0 Å². The number of hydrogen-bond acceptors (Lipinski definition) is 3. The number of nitrogens with zero attached hydrogens (tertiary/aromatic N) is 1. The molecular weight excluding hydrogens is 324 g/mol. The number of carbonyl (C=O) groups excluding carboxylic acids is 1. The molecule has 0 bridgehead atoms. The second-order valence-electron chi connectivity index (χ2n) is 5.98. The van der Waals surface area contributed by atoms with Gasteiger partial charge >= 0.3 is 0 Å². The highest BCUT2D eigenvalue weighted by Crippen LogP contribution is 2.26. The Morgan fingerprint density at radius 3 is 2.29 bits per heavy atom. The predicted octanol–water partition coefficient (Wildman–Crippen LogP) is 3.10. The first-order valence-corrected chi connectivity index (χ1v) is 7.95. The largest absolute Gasteiger partial charge is 0.367 e. The summed E-state index contributed by atoms with van der Waals surface area (Å²) in [5, 5.41) is 0. The third kappa shape index (κ3) is 4.15. The SMILES string of the molecule is CC1CN(C(=O)C(N)c2ccccc2)CC(c2ccccc2)O1.Cl. The minimum absolute atomic E-state index is 0. The molecule has 2 aromatic rings. The average molecular weight is 347 g/mol. The van der Waals surface area contributed by atoms with E-state index in [-0.39, 0.29) is 30.5 Å². The van der Waals surface area contributed by atoms with E-state index in [0.29, 0.717) is 13.1 Å². The van der Waals surface area contributed by atoms with E-state index in [4.69, 9.17) is 10.5 Å². The van der Waals surface area contributed by atoms with Gasteiger partial charge in [-0.15, -0.1) is 12.4 Å². The van der Waals surface area contributed by atoms with Crippen LogP contribution in [0.1, 0.15) is 30.2 Å². The number of hydrogen-bond donors (Lipinski definition) is 1. The highest BCUT2D eigenvalue weighted by molar-refractivity contribution is 5.85. The van der Waals surface area contributed by atoms with E-state index in [2.05, 4.69) is 0 Å². The number of carbonyl (C=O) groups is 1. The summed E-state index contributed by atoms with van der Waals surface area (Å²) in [6.07, 6.45) is -0.118. The number of amides is 1. The average Bonchev–Trinajstić information content (AvgIpc) is 2.61. The van der Waals surface area contributed by atoms with Crippen LogP contribution >= 0.6 is 12.4 Å². The Balaban J connectivity index is 0.00000208. The number of nitrogens with two attached hydrogens (primary N) is 1. The normalized spacial score (nSPS) is 21.7. The maximum Gasteiger partial charge on any atom is 0.244 e.